The molecular formula is C20H27N3O4. The van der Waals surface area contributed by atoms with Crippen LogP contribution in [0.2, 0.25) is 0 Å². The third kappa shape index (κ3) is 4.14. The number of carbonyl (C=O) groups is 2. The molecule has 1 aliphatic heterocycles. The number of nitrogens with zero attached hydrogens (tertiary/aromatic N) is 1. The van der Waals surface area contributed by atoms with Crippen LogP contribution >= 0.6 is 0 Å². The van der Waals surface area contributed by atoms with E-state index < -0.39 is 0 Å². The number of fused-ring (bicyclic) bond motifs is 1. The first-order valence-corrected chi connectivity index (χ1v) is 9.16. The molecule has 0 spiro atoms. The van der Waals surface area contributed by atoms with Gasteiger partial charge in [-0.1, -0.05) is 12.1 Å². The maximum atomic E-state index is 12.9. The van der Waals surface area contributed by atoms with Gasteiger partial charge in [-0.2, -0.15) is 0 Å². The number of para-hydroxylation sites is 1. The number of rotatable bonds is 5. The molecule has 0 bridgehead atoms. The topological polar surface area (TPSA) is 83.7 Å². The summed E-state index contributed by atoms with van der Waals surface area (Å²) >= 11 is 0. The summed E-state index contributed by atoms with van der Waals surface area (Å²) in [4.78, 5) is 29.5. The third-order valence-corrected chi connectivity index (χ3v) is 5.12. The van der Waals surface area contributed by atoms with Crippen LogP contribution < -0.4 is 5.32 Å². The Bertz CT molecular complexity index is 843. The van der Waals surface area contributed by atoms with Crippen molar-refractivity contribution in [1.29, 1.82) is 0 Å². The minimum atomic E-state index is -0.298. The summed E-state index contributed by atoms with van der Waals surface area (Å²) in [5.41, 5.74) is 3.62. The van der Waals surface area contributed by atoms with Crippen molar-refractivity contribution in [3.63, 3.8) is 0 Å². The largest absolute Gasteiger partial charge is 0.379 e. The fraction of sp³-hybridized carbons (Fsp3) is 0.500. The van der Waals surface area contributed by atoms with Crippen LogP contribution in [0.4, 0.5) is 0 Å². The average Bonchev–Trinajstić information content (AvgIpc) is 2.94. The van der Waals surface area contributed by atoms with Gasteiger partial charge in [0.05, 0.1) is 29.8 Å². The maximum absolute atomic E-state index is 12.9. The smallest absolute Gasteiger partial charge is 0.253 e. The van der Waals surface area contributed by atoms with E-state index in [9.17, 15) is 9.59 Å². The molecule has 1 aromatic carbocycles. The van der Waals surface area contributed by atoms with Gasteiger partial charge in [0.25, 0.3) is 5.91 Å². The van der Waals surface area contributed by atoms with E-state index in [0.29, 0.717) is 25.2 Å². The third-order valence-electron chi connectivity index (χ3n) is 5.12. The van der Waals surface area contributed by atoms with Gasteiger partial charge in [-0.25, -0.2) is 0 Å². The number of likely N-dealkylation sites (N-methyl/N-ethyl adjacent to an activating group) is 1. The summed E-state index contributed by atoms with van der Waals surface area (Å²) < 4.78 is 11.3. The first-order chi connectivity index (χ1) is 12.9. The summed E-state index contributed by atoms with van der Waals surface area (Å²) in [5, 5.41) is 4.07. The normalized spacial score (nSPS) is 19.9. The SMILES string of the molecule is Cc1[nH]c2c(C(=O)NC3COCCC3OCC(=O)N(C)C)cccc2c1C. The van der Waals surface area contributed by atoms with E-state index in [1.807, 2.05) is 32.0 Å². The molecule has 0 radical (unpaired) electrons. The van der Waals surface area contributed by atoms with E-state index in [4.69, 9.17) is 9.47 Å². The Morgan fingerprint density at radius 3 is 2.85 bits per heavy atom. The summed E-state index contributed by atoms with van der Waals surface area (Å²) in [6.45, 7) is 4.95. The highest BCUT2D eigenvalue weighted by Crippen LogP contribution is 2.24. The van der Waals surface area contributed by atoms with Crippen molar-refractivity contribution in [3.8, 4) is 0 Å². The number of carbonyl (C=O) groups excluding carboxylic acids is 2. The van der Waals surface area contributed by atoms with Gasteiger partial charge < -0.3 is 24.7 Å². The zero-order valence-corrected chi connectivity index (χ0v) is 16.3. The lowest BCUT2D eigenvalue weighted by atomic mass is 10.0. The highest BCUT2D eigenvalue weighted by atomic mass is 16.5. The number of benzene rings is 1. The second-order valence-corrected chi connectivity index (χ2v) is 7.18. The molecule has 1 fully saturated rings. The first kappa shape index (κ1) is 19.4. The van der Waals surface area contributed by atoms with Crippen LogP contribution in [0.15, 0.2) is 18.2 Å². The lowest BCUT2D eigenvalue weighted by Crippen LogP contribution is -2.51. The molecule has 1 saturated heterocycles. The fourth-order valence-electron chi connectivity index (χ4n) is 3.28. The Labute approximate surface area is 159 Å². The molecule has 7 heteroatoms. The molecule has 3 rings (SSSR count). The lowest BCUT2D eigenvalue weighted by molar-refractivity contribution is -0.138. The second-order valence-electron chi connectivity index (χ2n) is 7.18. The number of aromatic amines is 1. The maximum Gasteiger partial charge on any atom is 0.253 e. The lowest BCUT2D eigenvalue weighted by Gasteiger charge is -2.32. The fourth-order valence-corrected chi connectivity index (χ4v) is 3.28. The van der Waals surface area contributed by atoms with Crippen LogP contribution in [-0.2, 0) is 14.3 Å². The number of aromatic nitrogens is 1. The average molecular weight is 373 g/mol. The molecule has 2 heterocycles. The molecule has 27 heavy (non-hydrogen) atoms. The van der Waals surface area contributed by atoms with Gasteiger partial charge in [-0.05, 0) is 31.9 Å². The van der Waals surface area contributed by atoms with Crippen LogP contribution in [0.3, 0.4) is 0 Å². The molecular weight excluding hydrogens is 346 g/mol. The van der Waals surface area contributed by atoms with Crippen LogP contribution in [0.25, 0.3) is 10.9 Å². The van der Waals surface area contributed by atoms with Crippen LogP contribution in [0, 0.1) is 13.8 Å². The number of amides is 2. The molecule has 1 aliphatic rings. The predicted octanol–water partition coefficient (Wildman–Crippen LogP) is 1.78. The monoisotopic (exact) mass is 373 g/mol. The molecule has 0 saturated carbocycles. The standard InChI is InChI=1S/C20H27N3O4/c1-12-13(2)21-19-14(12)6-5-7-15(19)20(25)22-16-10-26-9-8-17(16)27-11-18(24)23(3)4/h5-7,16-17,21H,8-11H2,1-4H3,(H,22,25). The number of hydrogen-bond donors (Lipinski definition) is 2. The molecule has 2 unspecified atom stereocenters. The van der Waals surface area contributed by atoms with E-state index in [2.05, 4.69) is 10.3 Å². The number of nitrogens with one attached hydrogen (secondary N) is 2. The van der Waals surface area contributed by atoms with Crippen molar-refractivity contribution in [2.75, 3.05) is 33.9 Å². The van der Waals surface area contributed by atoms with Crippen molar-refractivity contribution >= 4 is 22.7 Å². The summed E-state index contributed by atoms with van der Waals surface area (Å²) in [7, 11) is 3.38. The minimum Gasteiger partial charge on any atom is -0.379 e. The summed E-state index contributed by atoms with van der Waals surface area (Å²) in [6, 6.07) is 5.41. The Kier molecular flexibility index (Phi) is 5.82. The second kappa shape index (κ2) is 8.10. The molecule has 2 atom stereocenters. The van der Waals surface area contributed by atoms with Gasteiger partial charge in [0.15, 0.2) is 0 Å². The number of aryl methyl sites for hydroxylation is 2. The van der Waals surface area contributed by atoms with Gasteiger partial charge in [0.1, 0.15) is 6.61 Å². The molecule has 0 aliphatic carbocycles. The highest BCUT2D eigenvalue weighted by Gasteiger charge is 2.29. The predicted molar refractivity (Wildman–Crippen MR) is 103 cm³/mol. The van der Waals surface area contributed by atoms with Crippen molar-refractivity contribution in [3.05, 3.63) is 35.0 Å². The van der Waals surface area contributed by atoms with Crippen molar-refractivity contribution < 1.29 is 19.1 Å². The number of H-pyrrole nitrogens is 1. The zero-order chi connectivity index (χ0) is 19.6. The van der Waals surface area contributed by atoms with Gasteiger partial charge in [-0.15, -0.1) is 0 Å². The number of ether oxygens (including phenoxy) is 2. The van der Waals surface area contributed by atoms with E-state index in [1.54, 1.807) is 14.1 Å². The molecule has 1 aromatic heterocycles. The molecule has 2 aromatic rings. The minimum absolute atomic E-state index is 0.00532. The van der Waals surface area contributed by atoms with Crippen LogP contribution in [0.1, 0.15) is 28.0 Å². The Hall–Kier alpha value is -2.38. The highest BCUT2D eigenvalue weighted by molar-refractivity contribution is 6.06. The van der Waals surface area contributed by atoms with Crippen molar-refractivity contribution in [1.82, 2.24) is 15.2 Å². The van der Waals surface area contributed by atoms with E-state index in [1.165, 1.54) is 4.90 Å². The zero-order valence-electron chi connectivity index (χ0n) is 16.3. The number of hydrogen-bond acceptors (Lipinski definition) is 4. The molecule has 2 N–H and O–H groups in total. The molecule has 7 nitrogen and oxygen atoms in total. The Morgan fingerprint density at radius 1 is 1.33 bits per heavy atom. The van der Waals surface area contributed by atoms with Crippen LogP contribution in [0.5, 0.6) is 0 Å². The van der Waals surface area contributed by atoms with Crippen LogP contribution in [-0.4, -0.2) is 67.8 Å². The quantitative estimate of drug-likeness (QED) is 0.837. The van der Waals surface area contributed by atoms with Crippen molar-refractivity contribution in [2.45, 2.75) is 32.4 Å². The summed E-state index contributed by atoms with van der Waals surface area (Å²) in [5.74, 6) is -0.279. The first-order valence-electron chi connectivity index (χ1n) is 9.16. The summed E-state index contributed by atoms with van der Waals surface area (Å²) in [6.07, 6.45) is 0.384. The van der Waals surface area contributed by atoms with Gasteiger partial charge in [0.2, 0.25) is 5.91 Å². The van der Waals surface area contributed by atoms with E-state index >= 15 is 0 Å². The Morgan fingerprint density at radius 2 is 2.11 bits per heavy atom. The van der Waals surface area contributed by atoms with Crippen molar-refractivity contribution in [2.24, 2.45) is 0 Å². The van der Waals surface area contributed by atoms with E-state index in [-0.39, 0.29) is 30.6 Å². The van der Waals surface area contributed by atoms with E-state index in [0.717, 1.165) is 22.2 Å². The van der Waals surface area contributed by atoms with Gasteiger partial charge in [-0.3, -0.25) is 9.59 Å². The Balaban J connectivity index is 1.74. The van der Waals surface area contributed by atoms with Gasteiger partial charge >= 0.3 is 0 Å². The van der Waals surface area contributed by atoms with Gasteiger partial charge in [0, 0.05) is 31.8 Å². The molecule has 146 valence electrons. The molecule has 2 amide bonds.